The van der Waals surface area contributed by atoms with Crippen molar-refractivity contribution in [3.8, 4) is 0 Å². The lowest BCUT2D eigenvalue weighted by Crippen LogP contribution is -2.39. The third kappa shape index (κ3) is 6.50. The minimum absolute atomic E-state index is 0.113. The molecule has 0 aliphatic heterocycles. The lowest BCUT2D eigenvalue weighted by molar-refractivity contribution is -0.133. The summed E-state index contributed by atoms with van der Waals surface area (Å²) < 4.78 is 0. The number of hydrogen-bond donors (Lipinski definition) is 1. The van der Waals surface area contributed by atoms with E-state index in [9.17, 15) is 4.79 Å². The normalized spacial score (nSPS) is 13.3. The molecule has 0 aromatic carbocycles. The van der Waals surface area contributed by atoms with Crippen molar-refractivity contribution < 1.29 is 4.79 Å². The molecule has 15 heavy (non-hydrogen) atoms. The Bertz CT molecular complexity index is 188. The Labute approximate surface area is 94.0 Å². The lowest BCUT2D eigenvalue weighted by Gasteiger charge is -2.28. The van der Waals surface area contributed by atoms with Crippen molar-refractivity contribution in [3.05, 3.63) is 0 Å². The molecule has 0 aliphatic rings. The SMILES string of the molecule is CC(C)CN(C(=O)CCC(C)N)C(C)C. The fraction of sp³-hybridized carbons (Fsp3) is 0.917. The van der Waals surface area contributed by atoms with Gasteiger partial charge in [0.2, 0.25) is 5.91 Å². The summed E-state index contributed by atoms with van der Waals surface area (Å²) in [6.07, 6.45) is 1.35. The zero-order valence-electron chi connectivity index (χ0n) is 10.8. The molecule has 0 rings (SSSR count). The highest BCUT2D eigenvalue weighted by molar-refractivity contribution is 5.76. The second kappa shape index (κ2) is 6.83. The van der Waals surface area contributed by atoms with E-state index in [0.29, 0.717) is 12.3 Å². The largest absolute Gasteiger partial charge is 0.340 e. The Balaban J connectivity index is 4.17. The van der Waals surface area contributed by atoms with Crippen LogP contribution >= 0.6 is 0 Å². The number of carbonyl (C=O) groups is 1. The second-order valence-electron chi connectivity index (χ2n) is 5.05. The molecule has 0 saturated heterocycles. The molecular weight excluding hydrogens is 188 g/mol. The lowest BCUT2D eigenvalue weighted by atomic mass is 10.1. The van der Waals surface area contributed by atoms with E-state index in [-0.39, 0.29) is 18.0 Å². The van der Waals surface area contributed by atoms with Crippen LogP contribution in [0.15, 0.2) is 0 Å². The molecule has 0 fully saturated rings. The van der Waals surface area contributed by atoms with Gasteiger partial charge in [-0.3, -0.25) is 4.79 Å². The van der Waals surface area contributed by atoms with E-state index in [4.69, 9.17) is 5.73 Å². The maximum Gasteiger partial charge on any atom is 0.222 e. The zero-order valence-corrected chi connectivity index (χ0v) is 10.8. The van der Waals surface area contributed by atoms with Gasteiger partial charge in [0.05, 0.1) is 0 Å². The maximum atomic E-state index is 11.9. The summed E-state index contributed by atoms with van der Waals surface area (Å²) in [5.74, 6) is 0.752. The summed E-state index contributed by atoms with van der Waals surface area (Å²) in [7, 11) is 0. The highest BCUT2D eigenvalue weighted by Gasteiger charge is 2.17. The van der Waals surface area contributed by atoms with E-state index < -0.39 is 0 Å². The molecule has 0 aromatic heterocycles. The Hall–Kier alpha value is -0.570. The molecular formula is C12H26N2O. The van der Waals surface area contributed by atoms with Crippen LogP contribution in [-0.4, -0.2) is 29.4 Å². The number of hydrogen-bond acceptors (Lipinski definition) is 2. The van der Waals surface area contributed by atoms with Crippen molar-refractivity contribution >= 4 is 5.91 Å². The van der Waals surface area contributed by atoms with Gasteiger partial charge in [0, 0.05) is 25.0 Å². The second-order valence-corrected chi connectivity index (χ2v) is 5.05. The number of carbonyl (C=O) groups excluding carboxylic acids is 1. The molecule has 1 atom stereocenters. The summed E-state index contributed by atoms with van der Waals surface area (Å²) >= 11 is 0. The maximum absolute atomic E-state index is 11.9. The topological polar surface area (TPSA) is 46.3 Å². The molecule has 0 aromatic rings. The van der Waals surface area contributed by atoms with E-state index in [1.807, 2.05) is 11.8 Å². The molecule has 2 N–H and O–H groups in total. The van der Waals surface area contributed by atoms with Crippen LogP contribution < -0.4 is 5.73 Å². The number of amides is 1. The first kappa shape index (κ1) is 14.4. The van der Waals surface area contributed by atoms with Gasteiger partial charge >= 0.3 is 0 Å². The van der Waals surface area contributed by atoms with Crippen molar-refractivity contribution in [1.29, 1.82) is 0 Å². The molecule has 0 saturated carbocycles. The predicted molar refractivity (Wildman–Crippen MR) is 64.6 cm³/mol. The summed E-state index contributed by atoms with van der Waals surface area (Å²) in [5, 5.41) is 0. The first-order valence-corrected chi connectivity index (χ1v) is 5.89. The van der Waals surface area contributed by atoms with E-state index in [1.54, 1.807) is 0 Å². The molecule has 0 radical (unpaired) electrons. The number of rotatable bonds is 6. The molecule has 1 unspecified atom stereocenters. The Morgan fingerprint density at radius 2 is 1.73 bits per heavy atom. The molecule has 0 heterocycles. The van der Waals surface area contributed by atoms with Gasteiger partial charge < -0.3 is 10.6 Å². The zero-order chi connectivity index (χ0) is 12.0. The van der Waals surface area contributed by atoms with Crippen LogP contribution in [0, 0.1) is 5.92 Å². The van der Waals surface area contributed by atoms with E-state index in [1.165, 1.54) is 0 Å². The Morgan fingerprint density at radius 3 is 2.07 bits per heavy atom. The third-order valence-electron chi connectivity index (χ3n) is 2.32. The van der Waals surface area contributed by atoms with E-state index >= 15 is 0 Å². The van der Waals surface area contributed by atoms with E-state index in [2.05, 4.69) is 27.7 Å². The molecule has 3 heteroatoms. The summed E-state index contributed by atoms with van der Waals surface area (Å²) in [5.41, 5.74) is 5.65. The predicted octanol–water partition coefficient (Wildman–Crippen LogP) is 2.01. The fourth-order valence-corrected chi connectivity index (χ4v) is 1.49. The van der Waals surface area contributed by atoms with Gasteiger partial charge in [-0.2, -0.15) is 0 Å². The minimum Gasteiger partial charge on any atom is -0.340 e. The third-order valence-corrected chi connectivity index (χ3v) is 2.32. The van der Waals surface area contributed by atoms with Crippen molar-refractivity contribution in [1.82, 2.24) is 4.90 Å². The van der Waals surface area contributed by atoms with Crippen LogP contribution in [0.4, 0.5) is 0 Å². The molecule has 1 amide bonds. The first-order valence-electron chi connectivity index (χ1n) is 5.89. The van der Waals surface area contributed by atoms with Crippen LogP contribution in [0.5, 0.6) is 0 Å². The van der Waals surface area contributed by atoms with Crippen molar-refractivity contribution in [2.24, 2.45) is 11.7 Å². The summed E-state index contributed by atoms with van der Waals surface area (Å²) in [4.78, 5) is 13.8. The van der Waals surface area contributed by atoms with Gasteiger partial charge in [-0.05, 0) is 33.1 Å². The molecule has 90 valence electrons. The van der Waals surface area contributed by atoms with Crippen LogP contribution in [0.2, 0.25) is 0 Å². The minimum atomic E-state index is 0.113. The molecule has 3 nitrogen and oxygen atoms in total. The number of nitrogens with two attached hydrogens (primary N) is 1. The molecule has 0 bridgehead atoms. The van der Waals surface area contributed by atoms with Crippen molar-refractivity contribution in [3.63, 3.8) is 0 Å². The van der Waals surface area contributed by atoms with Gasteiger partial charge in [0.25, 0.3) is 0 Å². The van der Waals surface area contributed by atoms with Crippen LogP contribution in [0.25, 0.3) is 0 Å². The number of nitrogens with zero attached hydrogens (tertiary/aromatic N) is 1. The van der Waals surface area contributed by atoms with Gasteiger partial charge in [0.15, 0.2) is 0 Å². The highest BCUT2D eigenvalue weighted by Crippen LogP contribution is 2.08. The summed E-state index contributed by atoms with van der Waals surface area (Å²) in [6, 6.07) is 0.398. The molecule has 0 spiro atoms. The van der Waals surface area contributed by atoms with Crippen LogP contribution in [-0.2, 0) is 4.79 Å². The smallest absolute Gasteiger partial charge is 0.222 e. The van der Waals surface area contributed by atoms with E-state index in [0.717, 1.165) is 13.0 Å². The Kier molecular flexibility index (Phi) is 6.57. The monoisotopic (exact) mass is 214 g/mol. The first-order chi connectivity index (χ1) is 6.84. The quantitative estimate of drug-likeness (QED) is 0.735. The highest BCUT2D eigenvalue weighted by atomic mass is 16.2. The van der Waals surface area contributed by atoms with Crippen molar-refractivity contribution in [2.75, 3.05) is 6.54 Å². The van der Waals surface area contributed by atoms with Gasteiger partial charge in [0.1, 0.15) is 0 Å². The fourth-order valence-electron chi connectivity index (χ4n) is 1.49. The molecule has 0 aliphatic carbocycles. The average molecular weight is 214 g/mol. The van der Waals surface area contributed by atoms with Gasteiger partial charge in [-0.15, -0.1) is 0 Å². The average Bonchev–Trinajstić information content (AvgIpc) is 2.09. The van der Waals surface area contributed by atoms with Gasteiger partial charge in [-0.1, -0.05) is 13.8 Å². The van der Waals surface area contributed by atoms with Crippen molar-refractivity contribution in [2.45, 2.75) is 59.5 Å². The summed E-state index contributed by atoms with van der Waals surface area (Å²) in [6.45, 7) is 11.2. The standard InChI is InChI=1S/C12H26N2O/c1-9(2)8-14(10(3)4)12(15)7-6-11(5)13/h9-11H,6-8,13H2,1-5H3. The van der Waals surface area contributed by atoms with Crippen LogP contribution in [0.3, 0.4) is 0 Å². The Morgan fingerprint density at radius 1 is 1.20 bits per heavy atom. The van der Waals surface area contributed by atoms with Crippen LogP contribution in [0.1, 0.15) is 47.5 Å². The van der Waals surface area contributed by atoms with Gasteiger partial charge in [-0.25, -0.2) is 0 Å².